The fraction of sp³-hybridized carbons (Fsp3) is 0.452. The third kappa shape index (κ3) is 5.95. The molecule has 1 saturated carbocycles. The predicted molar refractivity (Wildman–Crippen MR) is 147 cm³/mol. The average Bonchev–Trinajstić information content (AvgIpc) is 3.56. The summed E-state index contributed by atoms with van der Waals surface area (Å²) in [5, 5.41) is 3.27. The van der Waals surface area contributed by atoms with Crippen LogP contribution in [0.1, 0.15) is 98.9 Å². The summed E-state index contributed by atoms with van der Waals surface area (Å²) < 4.78 is 5.83. The molecule has 39 heavy (non-hydrogen) atoms. The Labute approximate surface area is 229 Å². The highest BCUT2D eigenvalue weighted by Gasteiger charge is 2.48. The number of amides is 1. The normalized spacial score (nSPS) is 20.8. The molecule has 1 amide bonds. The Hall–Kier alpha value is -3.81. The SMILES string of the molecule is CCC(=O)CCCCC[C@H](NC(=O)C1CCC2(CC1)OC(=O)c1ccncc12)c1ncc(-c2ccccc2)[nH]1. The van der Waals surface area contributed by atoms with Gasteiger partial charge in [0.1, 0.15) is 17.2 Å². The molecular formula is C31H36N4O4. The minimum Gasteiger partial charge on any atom is -0.450 e. The van der Waals surface area contributed by atoms with E-state index in [1.165, 1.54) is 0 Å². The van der Waals surface area contributed by atoms with Crippen LogP contribution in [-0.4, -0.2) is 32.6 Å². The van der Waals surface area contributed by atoms with Crippen molar-refractivity contribution in [1.29, 1.82) is 0 Å². The smallest absolute Gasteiger partial charge is 0.339 e. The molecule has 2 aromatic heterocycles. The van der Waals surface area contributed by atoms with E-state index in [1.807, 2.05) is 43.5 Å². The van der Waals surface area contributed by atoms with Gasteiger partial charge in [-0.1, -0.05) is 50.1 Å². The van der Waals surface area contributed by atoms with E-state index >= 15 is 0 Å². The van der Waals surface area contributed by atoms with Crippen molar-refractivity contribution in [1.82, 2.24) is 20.3 Å². The molecule has 1 aliphatic heterocycles. The first-order valence-electron chi connectivity index (χ1n) is 14.1. The van der Waals surface area contributed by atoms with Gasteiger partial charge in [0, 0.05) is 36.7 Å². The molecule has 3 aromatic rings. The second-order valence-electron chi connectivity index (χ2n) is 10.7. The summed E-state index contributed by atoms with van der Waals surface area (Å²) in [6, 6.07) is 11.5. The lowest BCUT2D eigenvalue weighted by molar-refractivity contribution is -0.129. The lowest BCUT2D eigenvalue weighted by Gasteiger charge is -2.36. The summed E-state index contributed by atoms with van der Waals surface area (Å²) >= 11 is 0. The number of fused-ring (bicyclic) bond motifs is 2. The molecule has 0 radical (unpaired) electrons. The first-order chi connectivity index (χ1) is 19.0. The van der Waals surface area contributed by atoms with Gasteiger partial charge in [-0.15, -0.1) is 0 Å². The number of H-pyrrole nitrogens is 1. The Kier molecular flexibility index (Phi) is 8.19. The minimum atomic E-state index is -0.668. The lowest BCUT2D eigenvalue weighted by atomic mass is 9.75. The number of imidazole rings is 1. The van der Waals surface area contributed by atoms with E-state index in [4.69, 9.17) is 4.74 Å². The van der Waals surface area contributed by atoms with Crippen molar-refractivity contribution >= 4 is 17.7 Å². The number of pyridine rings is 1. The third-order valence-electron chi connectivity index (χ3n) is 8.15. The maximum atomic E-state index is 13.5. The van der Waals surface area contributed by atoms with E-state index in [1.54, 1.807) is 18.5 Å². The number of ketones is 1. The van der Waals surface area contributed by atoms with Crippen molar-refractivity contribution in [2.75, 3.05) is 0 Å². The second kappa shape index (κ2) is 11.9. The molecule has 3 heterocycles. The van der Waals surface area contributed by atoms with Gasteiger partial charge in [0.15, 0.2) is 0 Å². The van der Waals surface area contributed by atoms with Crippen molar-refractivity contribution in [2.24, 2.45) is 5.92 Å². The molecule has 1 fully saturated rings. The van der Waals surface area contributed by atoms with Crippen molar-refractivity contribution in [3.8, 4) is 11.3 Å². The van der Waals surface area contributed by atoms with Crippen molar-refractivity contribution in [3.05, 3.63) is 71.9 Å². The highest BCUT2D eigenvalue weighted by Crippen LogP contribution is 2.47. The van der Waals surface area contributed by atoms with Crippen LogP contribution in [0.2, 0.25) is 0 Å². The first kappa shape index (κ1) is 26.8. The van der Waals surface area contributed by atoms with Crippen molar-refractivity contribution in [2.45, 2.75) is 82.8 Å². The molecule has 2 aliphatic rings. The first-order valence-corrected chi connectivity index (χ1v) is 14.1. The van der Waals surface area contributed by atoms with Crippen molar-refractivity contribution < 1.29 is 19.1 Å². The molecule has 0 saturated heterocycles. The number of carbonyl (C=O) groups excluding carboxylic acids is 3. The van der Waals surface area contributed by atoms with Crippen LogP contribution in [0, 0.1) is 5.92 Å². The van der Waals surface area contributed by atoms with Gasteiger partial charge in [0.05, 0.1) is 23.5 Å². The Bertz CT molecular complexity index is 1310. The Balaban J connectivity index is 1.24. The fourth-order valence-corrected chi connectivity index (χ4v) is 5.81. The van der Waals surface area contributed by atoms with Crippen LogP contribution >= 0.6 is 0 Å². The number of hydrogen-bond acceptors (Lipinski definition) is 6. The molecule has 1 aliphatic carbocycles. The number of carbonyl (C=O) groups is 3. The van der Waals surface area contributed by atoms with E-state index in [-0.39, 0.29) is 23.8 Å². The Morgan fingerprint density at radius 3 is 2.67 bits per heavy atom. The molecule has 1 spiro atoms. The number of Topliss-reactive ketones (excluding diaryl/α,β-unsaturated/α-hetero) is 1. The molecule has 1 atom stereocenters. The zero-order valence-electron chi connectivity index (χ0n) is 22.4. The molecule has 0 bridgehead atoms. The van der Waals surface area contributed by atoms with Gasteiger partial charge >= 0.3 is 5.97 Å². The molecule has 204 valence electrons. The molecule has 2 N–H and O–H groups in total. The number of nitrogens with one attached hydrogen (secondary N) is 2. The van der Waals surface area contributed by atoms with Crippen LogP contribution in [-0.2, 0) is 19.9 Å². The second-order valence-corrected chi connectivity index (χ2v) is 10.7. The van der Waals surface area contributed by atoms with E-state index in [2.05, 4.69) is 20.3 Å². The maximum absolute atomic E-state index is 13.5. The summed E-state index contributed by atoms with van der Waals surface area (Å²) in [4.78, 5) is 49.8. The van der Waals surface area contributed by atoms with Gasteiger partial charge in [-0.05, 0) is 50.2 Å². The van der Waals surface area contributed by atoms with Crippen LogP contribution in [0.4, 0.5) is 0 Å². The molecule has 8 heteroatoms. The van der Waals surface area contributed by atoms with Crippen LogP contribution in [0.3, 0.4) is 0 Å². The fourth-order valence-electron chi connectivity index (χ4n) is 5.81. The number of aromatic amines is 1. The number of unbranched alkanes of at least 4 members (excludes halogenated alkanes) is 2. The number of rotatable bonds is 11. The van der Waals surface area contributed by atoms with E-state index in [9.17, 15) is 14.4 Å². The van der Waals surface area contributed by atoms with Crippen LogP contribution in [0.25, 0.3) is 11.3 Å². The molecule has 8 nitrogen and oxygen atoms in total. The highest BCUT2D eigenvalue weighted by molar-refractivity contribution is 5.94. The van der Waals surface area contributed by atoms with E-state index in [0.29, 0.717) is 49.9 Å². The third-order valence-corrected chi connectivity index (χ3v) is 8.15. The molecular weight excluding hydrogens is 492 g/mol. The van der Waals surface area contributed by atoms with Gasteiger partial charge in [0.25, 0.3) is 0 Å². The molecule has 0 unspecified atom stereocenters. The van der Waals surface area contributed by atoms with Gasteiger partial charge in [-0.2, -0.15) is 0 Å². The zero-order chi connectivity index (χ0) is 27.2. The van der Waals surface area contributed by atoms with Gasteiger partial charge in [0.2, 0.25) is 5.91 Å². The summed E-state index contributed by atoms with van der Waals surface area (Å²) in [6.45, 7) is 1.90. The monoisotopic (exact) mass is 528 g/mol. The summed E-state index contributed by atoms with van der Waals surface area (Å²) in [5.74, 6) is 0.569. The number of hydrogen-bond donors (Lipinski definition) is 2. The van der Waals surface area contributed by atoms with Crippen LogP contribution in [0.5, 0.6) is 0 Å². The zero-order valence-corrected chi connectivity index (χ0v) is 22.4. The number of aromatic nitrogens is 3. The lowest BCUT2D eigenvalue weighted by Crippen LogP contribution is -2.40. The Morgan fingerprint density at radius 2 is 1.90 bits per heavy atom. The average molecular weight is 529 g/mol. The summed E-state index contributed by atoms with van der Waals surface area (Å²) in [7, 11) is 0. The van der Waals surface area contributed by atoms with E-state index < -0.39 is 5.60 Å². The number of esters is 1. The van der Waals surface area contributed by atoms with E-state index in [0.717, 1.165) is 48.3 Å². The maximum Gasteiger partial charge on any atom is 0.339 e. The van der Waals surface area contributed by atoms with Gasteiger partial charge < -0.3 is 15.0 Å². The predicted octanol–water partition coefficient (Wildman–Crippen LogP) is 5.81. The van der Waals surface area contributed by atoms with Crippen molar-refractivity contribution in [3.63, 3.8) is 0 Å². The minimum absolute atomic E-state index is 0.00408. The number of nitrogens with zero attached hydrogens (tertiary/aromatic N) is 2. The van der Waals surface area contributed by atoms with Crippen LogP contribution in [0.15, 0.2) is 55.0 Å². The number of ether oxygens (including phenoxy) is 1. The van der Waals surface area contributed by atoms with Crippen LogP contribution < -0.4 is 5.32 Å². The molecule has 1 aromatic carbocycles. The quantitative estimate of drug-likeness (QED) is 0.240. The Morgan fingerprint density at radius 1 is 1.10 bits per heavy atom. The summed E-state index contributed by atoms with van der Waals surface area (Å²) in [5.41, 5.74) is 2.71. The van der Waals surface area contributed by atoms with Gasteiger partial charge in [-0.25, -0.2) is 9.78 Å². The standard InChI is InChI=1S/C31H36N4O4/c1-2-23(36)11-7-4-8-12-26(28-33-20-27(34-28)21-9-5-3-6-10-21)35-29(37)22-13-16-31(17-14-22)25-19-32-18-15-24(25)30(38)39-31/h3,5-6,9-10,15,18-20,22,26H,2,4,7-8,11-14,16-17H2,1H3,(H,33,34)(H,35,37)/t22?,26-,31?/m0/s1. The molecule has 5 rings (SSSR count). The highest BCUT2D eigenvalue weighted by atomic mass is 16.6. The largest absolute Gasteiger partial charge is 0.450 e. The van der Waals surface area contributed by atoms with Gasteiger partial charge in [-0.3, -0.25) is 14.6 Å². The topological polar surface area (TPSA) is 114 Å². The summed E-state index contributed by atoms with van der Waals surface area (Å²) in [6.07, 6.45) is 12.2. The number of benzene rings is 1.